The first-order valence-electron chi connectivity index (χ1n) is 5.86. The average Bonchev–Trinajstić information content (AvgIpc) is 2.51. The second-order valence-electron chi connectivity index (χ2n) is 4.27. The highest BCUT2D eigenvalue weighted by Gasteiger charge is 2.10. The van der Waals surface area contributed by atoms with Crippen LogP contribution in [-0.4, -0.2) is 40.2 Å². The minimum absolute atomic E-state index is 0.113. The van der Waals surface area contributed by atoms with E-state index < -0.39 is 9.84 Å². The van der Waals surface area contributed by atoms with E-state index in [0.29, 0.717) is 25.5 Å². The number of sulfone groups is 1. The van der Waals surface area contributed by atoms with Gasteiger partial charge in [-0.05, 0) is 12.1 Å². The number of benzene rings is 1. The predicted molar refractivity (Wildman–Crippen MR) is 70.2 cm³/mol. The first kappa shape index (κ1) is 13.0. The van der Waals surface area contributed by atoms with E-state index in [9.17, 15) is 8.42 Å². The molecule has 1 aliphatic heterocycles. The maximum absolute atomic E-state index is 11.0. The fourth-order valence-corrected chi connectivity index (χ4v) is 2.13. The van der Waals surface area contributed by atoms with Crippen LogP contribution in [0, 0.1) is 0 Å². The maximum atomic E-state index is 11.0. The lowest BCUT2D eigenvalue weighted by Crippen LogP contribution is -2.14. The Hall–Kier alpha value is -1.43. The molecule has 100 valence electrons. The van der Waals surface area contributed by atoms with Crippen molar-refractivity contribution >= 4 is 15.5 Å². The summed E-state index contributed by atoms with van der Waals surface area (Å²) in [6.07, 6.45) is 2.09. The Morgan fingerprint density at radius 2 is 1.94 bits per heavy atom. The van der Waals surface area contributed by atoms with E-state index in [0.717, 1.165) is 17.9 Å². The molecule has 0 unspecified atom stereocenters. The zero-order chi connectivity index (χ0) is 13.0. The zero-order valence-electron chi connectivity index (χ0n) is 10.3. The van der Waals surface area contributed by atoms with Gasteiger partial charge >= 0.3 is 0 Å². The van der Waals surface area contributed by atoms with Gasteiger partial charge in [0, 0.05) is 31.0 Å². The minimum atomic E-state index is -2.94. The molecule has 0 aliphatic carbocycles. The summed E-state index contributed by atoms with van der Waals surface area (Å²) in [6.45, 7) is 1.69. The minimum Gasteiger partial charge on any atom is -0.490 e. The maximum Gasteiger partial charge on any atom is 0.163 e. The van der Waals surface area contributed by atoms with Gasteiger partial charge in [0.2, 0.25) is 0 Å². The second-order valence-corrected chi connectivity index (χ2v) is 6.53. The van der Waals surface area contributed by atoms with Gasteiger partial charge in [0.05, 0.1) is 19.0 Å². The van der Waals surface area contributed by atoms with Gasteiger partial charge in [-0.2, -0.15) is 0 Å². The molecule has 0 amide bonds. The van der Waals surface area contributed by atoms with Crippen LogP contribution in [0.5, 0.6) is 11.5 Å². The molecule has 0 saturated carbocycles. The third-order valence-electron chi connectivity index (χ3n) is 2.55. The molecule has 0 saturated heterocycles. The molecule has 1 aromatic carbocycles. The van der Waals surface area contributed by atoms with Crippen molar-refractivity contribution in [2.75, 3.05) is 37.1 Å². The van der Waals surface area contributed by atoms with E-state index in [1.807, 2.05) is 18.2 Å². The normalized spacial score (nSPS) is 14.9. The van der Waals surface area contributed by atoms with Crippen molar-refractivity contribution in [3.05, 3.63) is 18.2 Å². The molecule has 0 spiro atoms. The van der Waals surface area contributed by atoms with E-state index in [2.05, 4.69) is 5.32 Å². The molecular formula is C12H17NO4S. The smallest absolute Gasteiger partial charge is 0.163 e. The van der Waals surface area contributed by atoms with Crippen LogP contribution < -0.4 is 14.8 Å². The Balaban J connectivity index is 2.00. The number of ether oxygens (including phenoxy) is 2. The number of rotatable bonds is 4. The molecule has 1 heterocycles. The molecule has 0 aromatic heterocycles. The Kier molecular flexibility index (Phi) is 3.96. The van der Waals surface area contributed by atoms with Crippen LogP contribution in [-0.2, 0) is 9.84 Å². The molecular weight excluding hydrogens is 254 g/mol. The van der Waals surface area contributed by atoms with Crippen LogP contribution in [0.25, 0.3) is 0 Å². The second kappa shape index (κ2) is 5.48. The summed E-state index contributed by atoms with van der Waals surface area (Å²) in [7, 11) is -2.94. The zero-order valence-corrected chi connectivity index (χ0v) is 11.1. The summed E-state index contributed by atoms with van der Waals surface area (Å²) >= 11 is 0. The largest absolute Gasteiger partial charge is 0.490 e. The molecule has 0 radical (unpaired) electrons. The van der Waals surface area contributed by atoms with E-state index in [-0.39, 0.29) is 5.75 Å². The fraction of sp³-hybridized carbons (Fsp3) is 0.500. The van der Waals surface area contributed by atoms with Crippen LogP contribution in [0.3, 0.4) is 0 Å². The third-order valence-corrected chi connectivity index (χ3v) is 3.50. The van der Waals surface area contributed by atoms with Crippen molar-refractivity contribution in [1.29, 1.82) is 0 Å². The quantitative estimate of drug-likeness (QED) is 0.894. The first-order valence-corrected chi connectivity index (χ1v) is 7.92. The molecule has 5 nitrogen and oxygen atoms in total. The summed E-state index contributed by atoms with van der Waals surface area (Å²) in [5.74, 6) is 1.56. The Labute approximate surface area is 107 Å². The van der Waals surface area contributed by atoms with Gasteiger partial charge in [-0.25, -0.2) is 8.42 Å². The predicted octanol–water partition coefficient (Wildman–Crippen LogP) is 1.30. The van der Waals surface area contributed by atoms with Crippen molar-refractivity contribution in [3.8, 4) is 11.5 Å². The number of anilines is 1. The lowest BCUT2D eigenvalue weighted by atomic mass is 10.2. The van der Waals surface area contributed by atoms with Crippen LogP contribution in [0.4, 0.5) is 5.69 Å². The highest BCUT2D eigenvalue weighted by atomic mass is 32.2. The molecule has 0 bridgehead atoms. The standard InChI is InChI=1S/C12H17NO4S/c1-18(14,15)8-5-13-10-3-4-11-12(9-10)17-7-2-6-16-11/h3-4,9,13H,2,5-8H2,1H3. The van der Waals surface area contributed by atoms with Crippen molar-refractivity contribution in [1.82, 2.24) is 0 Å². The summed E-state index contributed by atoms with van der Waals surface area (Å²) in [6, 6.07) is 5.53. The molecule has 1 N–H and O–H groups in total. The van der Waals surface area contributed by atoms with Crippen molar-refractivity contribution in [2.45, 2.75) is 6.42 Å². The lowest BCUT2D eigenvalue weighted by Gasteiger charge is -2.10. The lowest BCUT2D eigenvalue weighted by molar-refractivity contribution is 0.297. The molecule has 0 fully saturated rings. The SMILES string of the molecule is CS(=O)(=O)CCNc1ccc2c(c1)OCCCO2. The van der Waals surface area contributed by atoms with E-state index >= 15 is 0 Å². The summed E-state index contributed by atoms with van der Waals surface area (Å²) < 4.78 is 33.1. The van der Waals surface area contributed by atoms with E-state index in [1.54, 1.807) is 0 Å². The number of hydrogen-bond acceptors (Lipinski definition) is 5. The average molecular weight is 271 g/mol. The molecule has 1 aromatic rings. The van der Waals surface area contributed by atoms with Gasteiger partial charge in [0.1, 0.15) is 9.84 Å². The summed E-state index contributed by atoms with van der Waals surface area (Å²) in [5, 5.41) is 3.06. The Morgan fingerprint density at radius 1 is 1.22 bits per heavy atom. The first-order chi connectivity index (χ1) is 8.54. The van der Waals surface area contributed by atoms with Crippen molar-refractivity contribution < 1.29 is 17.9 Å². The van der Waals surface area contributed by atoms with E-state index in [4.69, 9.17) is 9.47 Å². The highest BCUT2D eigenvalue weighted by molar-refractivity contribution is 7.90. The van der Waals surface area contributed by atoms with Crippen LogP contribution in [0.15, 0.2) is 18.2 Å². The van der Waals surface area contributed by atoms with Gasteiger partial charge < -0.3 is 14.8 Å². The van der Waals surface area contributed by atoms with Gasteiger partial charge in [-0.3, -0.25) is 0 Å². The molecule has 1 aliphatic rings. The number of nitrogens with one attached hydrogen (secondary N) is 1. The molecule has 6 heteroatoms. The molecule has 18 heavy (non-hydrogen) atoms. The number of fused-ring (bicyclic) bond motifs is 1. The van der Waals surface area contributed by atoms with Crippen LogP contribution >= 0.6 is 0 Å². The monoisotopic (exact) mass is 271 g/mol. The van der Waals surface area contributed by atoms with Gasteiger partial charge in [0.15, 0.2) is 11.5 Å². The van der Waals surface area contributed by atoms with Gasteiger partial charge in [-0.15, -0.1) is 0 Å². The van der Waals surface area contributed by atoms with Crippen molar-refractivity contribution in [2.24, 2.45) is 0 Å². The Morgan fingerprint density at radius 3 is 2.67 bits per heavy atom. The van der Waals surface area contributed by atoms with E-state index in [1.165, 1.54) is 6.26 Å². The van der Waals surface area contributed by atoms with Gasteiger partial charge in [-0.1, -0.05) is 0 Å². The summed E-state index contributed by atoms with van der Waals surface area (Å²) in [4.78, 5) is 0. The number of hydrogen-bond donors (Lipinski definition) is 1. The molecule has 0 atom stereocenters. The highest BCUT2D eigenvalue weighted by Crippen LogP contribution is 2.32. The van der Waals surface area contributed by atoms with Crippen LogP contribution in [0.1, 0.15) is 6.42 Å². The van der Waals surface area contributed by atoms with Gasteiger partial charge in [0.25, 0.3) is 0 Å². The molecule has 2 rings (SSSR count). The topological polar surface area (TPSA) is 64.6 Å². The van der Waals surface area contributed by atoms with Crippen LogP contribution in [0.2, 0.25) is 0 Å². The fourth-order valence-electron chi connectivity index (χ4n) is 1.65. The summed E-state index contributed by atoms with van der Waals surface area (Å²) in [5.41, 5.74) is 0.836. The third kappa shape index (κ3) is 3.80. The van der Waals surface area contributed by atoms with Crippen molar-refractivity contribution in [3.63, 3.8) is 0 Å². The Bertz CT molecular complexity index is 513.